The van der Waals surface area contributed by atoms with Gasteiger partial charge in [0.1, 0.15) is 0 Å². The van der Waals surface area contributed by atoms with Crippen LogP contribution >= 0.6 is 0 Å². The summed E-state index contributed by atoms with van der Waals surface area (Å²) < 4.78 is 0. The van der Waals surface area contributed by atoms with Gasteiger partial charge in [0.15, 0.2) is 0 Å². The molecular formula is C17H25N. The summed E-state index contributed by atoms with van der Waals surface area (Å²) >= 11 is 0. The summed E-state index contributed by atoms with van der Waals surface area (Å²) in [4.78, 5) is 0. The Balaban J connectivity index is 1.74. The van der Waals surface area contributed by atoms with Gasteiger partial charge >= 0.3 is 0 Å². The van der Waals surface area contributed by atoms with Crippen molar-refractivity contribution >= 4 is 0 Å². The average Bonchev–Trinajstić information content (AvgIpc) is 3.11. The summed E-state index contributed by atoms with van der Waals surface area (Å²) in [6, 6.07) is 9.97. The monoisotopic (exact) mass is 243 g/mol. The van der Waals surface area contributed by atoms with Crippen LogP contribution in [0.3, 0.4) is 0 Å². The van der Waals surface area contributed by atoms with Gasteiger partial charge in [-0.2, -0.15) is 0 Å². The molecule has 1 nitrogen and oxygen atoms in total. The molecule has 1 N–H and O–H groups in total. The molecule has 1 atom stereocenters. The Labute approximate surface area is 111 Å². The SMILES string of the molecule is CCNC(CC1CC1)c1cccc(C2CCC2)c1. The highest BCUT2D eigenvalue weighted by atomic mass is 14.9. The van der Waals surface area contributed by atoms with Crippen LogP contribution in [0.15, 0.2) is 24.3 Å². The Hall–Kier alpha value is -0.820. The van der Waals surface area contributed by atoms with Gasteiger partial charge in [-0.15, -0.1) is 0 Å². The van der Waals surface area contributed by atoms with Crippen molar-refractivity contribution in [1.29, 1.82) is 0 Å². The molecule has 1 heteroatoms. The predicted molar refractivity (Wildman–Crippen MR) is 76.8 cm³/mol. The van der Waals surface area contributed by atoms with Crippen molar-refractivity contribution in [1.82, 2.24) is 5.32 Å². The van der Waals surface area contributed by atoms with E-state index in [1.54, 1.807) is 5.56 Å². The molecule has 1 aromatic rings. The minimum atomic E-state index is 0.586. The van der Waals surface area contributed by atoms with Crippen LogP contribution in [0.25, 0.3) is 0 Å². The van der Waals surface area contributed by atoms with E-state index in [1.807, 2.05) is 0 Å². The van der Waals surface area contributed by atoms with Gasteiger partial charge in [-0.05, 0) is 48.8 Å². The van der Waals surface area contributed by atoms with Crippen LogP contribution in [0.4, 0.5) is 0 Å². The van der Waals surface area contributed by atoms with E-state index in [2.05, 4.69) is 36.5 Å². The predicted octanol–water partition coefficient (Wildman–Crippen LogP) is 4.40. The summed E-state index contributed by atoms with van der Waals surface area (Å²) in [5, 5.41) is 3.67. The molecule has 0 amide bonds. The van der Waals surface area contributed by atoms with Crippen LogP contribution in [-0.2, 0) is 0 Å². The fourth-order valence-electron chi connectivity index (χ4n) is 3.04. The highest BCUT2D eigenvalue weighted by molar-refractivity contribution is 5.29. The number of nitrogens with one attached hydrogen (secondary N) is 1. The van der Waals surface area contributed by atoms with Crippen molar-refractivity contribution in [3.8, 4) is 0 Å². The molecule has 2 saturated carbocycles. The third kappa shape index (κ3) is 2.77. The molecule has 2 fully saturated rings. The number of hydrogen-bond acceptors (Lipinski definition) is 1. The van der Waals surface area contributed by atoms with E-state index in [0.717, 1.165) is 18.4 Å². The maximum absolute atomic E-state index is 3.67. The van der Waals surface area contributed by atoms with E-state index in [9.17, 15) is 0 Å². The molecule has 1 aromatic carbocycles. The first-order valence-corrected chi connectivity index (χ1v) is 7.70. The number of benzene rings is 1. The van der Waals surface area contributed by atoms with E-state index in [-0.39, 0.29) is 0 Å². The summed E-state index contributed by atoms with van der Waals surface area (Å²) in [7, 11) is 0. The average molecular weight is 243 g/mol. The zero-order valence-corrected chi connectivity index (χ0v) is 11.5. The van der Waals surface area contributed by atoms with Gasteiger partial charge < -0.3 is 5.32 Å². The Morgan fingerprint density at radius 1 is 1.22 bits per heavy atom. The van der Waals surface area contributed by atoms with E-state index < -0.39 is 0 Å². The summed E-state index contributed by atoms with van der Waals surface area (Å²) in [6.45, 7) is 3.29. The molecule has 18 heavy (non-hydrogen) atoms. The zero-order chi connectivity index (χ0) is 12.4. The maximum atomic E-state index is 3.67. The molecule has 0 saturated heterocycles. The first kappa shape index (κ1) is 12.2. The third-order valence-corrected chi connectivity index (χ3v) is 4.61. The van der Waals surface area contributed by atoms with Gasteiger partial charge in [0.05, 0.1) is 0 Å². The van der Waals surface area contributed by atoms with Crippen LogP contribution in [0.1, 0.15) is 68.5 Å². The maximum Gasteiger partial charge on any atom is 0.0322 e. The van der Waals surface area contributed by atoms with Gasteiger partial charge in [0.2, 0.25) is 0 Å². The summed E-state index contributed by atoms with van der Waals surface area (Å²) in [6.07, 6.45) is 8.46. The highest BCUT2D eigenvalue weighted by Crippen LogP contribution is 2.40. The van der Waals surface area contributed by atoms with Crippen molar-refractivity contribution in [2.75, 3.05) is 6.54 Å². The molecule has 0 aliphatic heterocycles. The van der Waals surface area contributed by atoms with E-state index in [4.69, 9.17) is 0 Å². The number of hydrogen-bond donors (Lipinski definition) is 1. The first-order valence-electron chi connectivity index (χ1n) is 7.70. The van der Waals surface area contributed by atoms with Crippen LogP contribution in [-0.4, -0.2) is 6.54 Å². The second kappa shape index (κ2) is 5.44. The van der Waals surface area contributed by atoms with Crippen molar-refractivity contribution < 1.29 is 0 Å². The van der Waals surface area contributed by atoms with E-state index in [0.29, 0.717) is 6.04 Å². The van der Waals surface area contributed by atoms with Crippen molar-refractivity contribution in [2.24, 2.45) is 5.92 Å². The zero-order valence-electron chi connectivity index (χ0n) is 11.5. The molecule has 2 aliphatic carbocycles. The van der Waals surface area contributed by atoms with Crippen LogP contribution in [0, 0.1) is 5.92 Å². The number of rotatable bonds is 6. The summed E-state index contributed by atoms with van der Waals surface area (Å²) in [5.41, 5.74) is 3.10. The quantitative estimate of drug-likeness (QED) is 0.780. The molecule has 0 heterocycles. The van der Waals surface area contributed by atoms with Crippen molar-refractivity contribution in [2.45, 2.75) is 57.4 Å². The normalized spacial score (nSPS) is 21.6. The molecular weight excluding hydrogens is 218 g/mol. The van der Waals surface area contributed by atoms with Crippen LogP contribution in [0.5, 0.6) is 0 Å². The first-order chi connectivity index (χ1) is 8.86. The summed E-state index contributed by atoms with van der Waals surface area (Å²) in [5.74, 6) is 1.84. The van der Waals surface area contributed by atoms with E-state index in [1.165, 1.54) is 44.1 Å². The van der Waals surface area contributed by atoms with Crippen LogP contribution in [0.2, 0.25) is 0 Å². The Bertz CT molecular complexity index is 390. The second-order valence-electron chi connectivity index (χ2n) is 6.09. The third-order valence-electron chi connectivity index (χ3n) is 4.61. The molecule has 0 aromatic heterocycles. The molecule has 0 radical (unpaired) electrons. The highest BCUT2D eigenvalue weighted by Gasteiger charge is 2.26. The van der Waals surface area contributed by atoms with Gasteiger partial charge in [0, 0.05) is 6.04 Å². The van der Waals surface area contributed by atoms with Gasteiger partial charge in [-0.1, -0.05) is 50.5 Å². The van der Waals surface area contributed by atoms with Crippen molar-refractivity contribution in [3.05, 3.63) is 35.4 Å². The van der Waals surface area contributed by atoms with Crippen molar-refractivity contribution in [3.63, 3.8) is 0 Å². The standard InChI is InChI=1S/C17H25N/c1-2-18-17(11-13-9-10-13)16-8-4-7-15(12-16)14-5-3-6-14/h4,7-8,12-14,17-18H,2-3,5-6,9-11H2,1H3. The lowest BCUT2D eigenvalue weighted by molar-refractivity contribution is 0.418. The largest absolute Gasteiger partial charge is 0.310 e. The lowest BCUT2D eigenvalue weighted by Gasteiger charge is -2.27. The second-order valence-corrected chi connectivity index (χ2v) is 6.09. The molecule has 0 spiro atoms. The van der Waals surface area contributed by atoms with Crippen LogP contribution < -0.4 is 5.32 Å². The Morgan fingerprint density at radius 3 is 2.67 bits per heavy atom. The minimum absolute atomic E-state index is 0.586. The van der Waals surface area contributed by atoms with Gasteiger partial charge in [-0.25, -0.2) is 0 Å². The molecule has 0 bridgehead atoms. The molecule has 3 rings (SSSR count). The fraction of sp³-hybridized carbons (Fsp3) is 0.647. The fourth-order valence-corrected chi connectivity index (χ4v) is 3.04. The molecule has 1 unspecified atom stereocenters. The minimum Gasteiger partial charge on any atom is -0.310 e. The lowest BCUT2D eigenvalue weighted by atomic mass is 9.79. The smallest absolute Gasteiger partial charge is 0.0322 e. The Morgan fingerprint density at radius 2 is 2.06 bits per heavy atom. The van der Waals surface area contributed by atoms with Gasteiger partial charge in [-0.3, -0.25) is 0 Å². The van der Waals surface area contributed by atoms with E-state index >= 15 is 0 Å². The Kier molecular flexibility index (Phi) is 3.69. The van der Waals surface area contributed by atoms with Gasteiger partial charge in [0.25, 0.3) is 0 Å². The molecule has 2 aliphatic rings. The lowest BCUT2D eigenvalue weighted by Crippen LogP contribution is -2.21. The molecule has 98 valence electrons. The topological polar surface area (TPSA) is 12.0 Å².